The molecule has 0 spiro atoms. The summed E-state index contributed by atoms with van der Waals surface area (Å²) in [6.45, 7) is 0.0414. The predicted molar refractivity (Wildman–Crippen MR) is 94.9 cm³/mol. The zero-order chi connectivity index (χ0) is 20.1. The average molecular weight is 391 g/mol. The summed E-state index contributed by atoms with van der Waals surface area (Å²) in [7, 11) is 1.49. The number of aromatic amines is 1. The van der Waals surface area contributed by atoms with Crippen LogP contribution >= 0.6 is 0 Å². The number of carbonyl (C=O) groups excluding carboxylic acids is 1. The molecule has 0 aliphatic carbocycles. The third-order valence-corrected chi connectivity index (χ3v) is 3.86. The first-order valence-electron chi connectivity index (χ1n) is 8.16. The molecule has 146 valence electrons. The zero-order valence-electron chi connectivity index (χ0n) is 14.7. The molecule has 1 aromatic heterocycles. The van der Waals surface area contributed by atoms with Crippen molar-refractivity contribution in [2.75, 3.05) is 7.11 Å². The largest absolute Gasteiger partial charge is 0.573 e. The van der Waals surface area contributed by atoms with Gasteiger partial charge in [0.15, 0.2) is 0 Å². The lowest BCUT2D eigenvalue weighted by Gasteiger charge is -2.12. The van der Waals surface area contributed by atoms with Crippen LogP contribution in [0.4, 0.5) is 13.2 Å². The molecule has 0 bridgehead atoms. The van der Waals surface area contributed by atoms with Gasteiger partial charge in [-0.1, -0.05) is 12.1 Å². The number of aromatic nitrogens is 2. The molecule has 3 rings (SSSR count). The molecule has 0 fully saturated rings. The van der Waals surface area contributed by atoms with Crippen molar-refractivity contribution in [3.8, 4) is 22.6 Å². The maximum atomic E-state index is 12.4. The maximum Gasteiger partial charge on any atom is 0.573 e. The van der Waals surface area contributed by atoms with Gasteiger partial charge in [-0.15, -0.1) is 13.2 Å². The zero-order valence-corrected chi connectivity index (χ0v) is 14.7. The Morgan fingerprint density at radius 3 is 2.71 bits per heavy atom. The molecule has 6 nitrogen and oxygen atoms in total. The Kier molecular flexibility index (Phi) is 5.53. The molecule has 9 heteroatoms. The Morgan fingerprint density at radius 1 is 1.21 bits per heavy atom. The first-order valence-corrected chi connectivity index (χ1v) is 8.16. The van der Waals surface area contributed by atoms with E-state index in [9.17, 15) is 18.0 Å². The Morgan fingerprint density at radius 2 is 2.04 bits per heavy atom. The predicted octanol–water partition coefficient (Wildman–Crippen LogP) is 3.91. The number of hydrogen-bond donors (Lipinski definition) is 2. The van der Waals surface area contributed by atoms with Crippen LogP contribution in [0.3, 0.4) is 0 Å². The average Bonchev–Trinajstić information content (AvgIpc) is 3.19. The van der Waals surface area contributed by atoms with Crippen LogP contribution in [0.5, 0.6) is 11.5 Å². The first-order chi connectivity index (χ1) is 13.4. The van der Waals surface area contributed by atoms with Gasteiger partial charge in [0.1, 0.15) is 11.5 Å². The highest BCUT2D eigenvalue weighted by atomic mass is 19.4. The summed E-state index contributed by atoms with van der Waals surface area (Å²) in [5.41, 5.74) is 2.40. The summed E-state index contributed by atoms with van der Waals surface area (Å²) in [6.07, 6.45) is -1.43. The van der Waals surface area contributed by atoms with Crippen LogP contribution < -0.4 is 14.8 Å². The summed E-state index contributed by atoms with van der Waals surface area (Å²) in [6, 6.07) is 10.4. The van der Waals surface area contributed by atoms with Crippen molar-refractivity contribution in [3.63, 3.8) is 0 Å². The van der Waals surface area contributed by atoms with Crippen LogP contribution in [0.25, 0.3) is 11.1 Å². The standard InChI is InChI=1S/C19H16F3N3O3/c1-27-17-8-13(5-6-16(17)14-10-24-25-11-14)18(26)23-9-12-3-2-4-15(7-12)28-19(20,21)22/h2-8,10-11H,9H2,1H3,(H,23,26)(H,24,25). The number of H-pyrrole nitrogens is 1. The summed E-state index contributed by atoms with van der Waals surface area (Å²) in [4.78, 5) is 12.4. The summed E-state index contributed by atoms with van der Waals surface area (Å²) in [5.74, 6) is -0.237. The maximum absolute atomic E-state index is 12.4. The van der Waals surface area contributed by atoms with Gasteiger partial charge in [-0.3, -0.25) is 9.89 Å². The first kappa shape index (κ1) is 19.3. The van der Waals surface area contributed by atoms with Crippen molar-refractivity contribution in [1.82, 2.24) is 15.5 Å². The molecule has 0 atom stereocenters. The van der Waals surface area contributed by atoms with E-state index in [0.717, 1.165) is 11.1 Å². The fraction of sp³-hybridized carbons (Fsp3) is 0.158. The summed E-state index contributed by atoms with van der Waals surface area (Å²) >= 11 is 0. The van der Waals surface area contributed by atoms with Gasteiger partial charge in [-0.2, -0.15) is 5.10 Å². The van der Waals surface area contributed by atoms with E-state index < -0.39 is 6.36 Å². The molecule has 0 aliphatic rings. The molecule has 0 unspecified atom stereocenters. The number of alkyl halides is 3. The smallest absolute Gasteiger partial charge is 0.496 e. The number of ether oxygens (including phenoxy) is 2. The van der Waals surface area contributed by atoms with Gasteiger partial charge in [0.05, 0.1) is 13.3 Å². The van der Waals surface area contributed by atoms with E-state index in [1.807, 2.05) is 0 Å². The van der Waals surface area contributed by atoms with Crippen LogP contribution in [-0.4, -0.2) is 29.6 Å². The minimum atomic E-state index is -4.77. The van der Waals surface area contributed by atoms with Gasteiger partial charge >= 0.3 is 6.36 Å². The van der Waals surface area contributed by atoms with Crippen molar-refractivity contribution in [2.45, 2.75) is 12.9 Å². The molecule has 2 aromatic carbocycles. The highest BCUT2D eigenvalue weighted by molar-refractivity contribution is 5.95. The third kappa shape index (κ3) is 4.81. The number of amides is 1. The molecule has 2 N–H and O–H groups in total. The SMILES string of the molecule is COc1cc(C(=O)NCc2cccc(OC(F)(F)F)c2)ccc1-c1cn[nH]c1. The number of hydrogen-bond acceptors (Lipinski definition) is 4. The number of nitrogens with one attached hydrogen (secondary N) is 2. The Bertz CT molecular complexity index is 957. The van der Waals surface area contributed by atoms with Gasteiger partial charge in [-0.05, 0) is 35.9 Å². The van der Waals surface area contributed by atoms with E-state index >= 15 is 0 Å². The Hall–Kier alpha value is -3.49. The molecule has 1 amide bonds. The molecule has 0 saturated heterocycles. The van der Waals surface area contributed by atoms with Crippen molar-refractivity contribution >= 4 is 5.91 Å². The number of rotatable bonds is 6. The Balaban J connectivity index is 1.69. The number of nitrogens with zero attached hydrogens (tertiary/aromatic N) is 1. The number of benzene rings is 2. The molecular weight excluding hydrogens is 375 g/mol. The number of carbonyl (C=O) groups is 1. The van der Waals surface area contributed by atoms with E-state index in [1.165, 1.54) is 25.3 Å². The molecule has 1 heterocycles. The van der Waals surface area contributed by atoms with E-state index in [0.29, 0.717) is 16.9 Å². The quantitative estimate of drug-likeness (QED) is 0.668. The van der Waals surface area contributed by atoms with Crippen LogP contribution in [0.15, 0.2) is 54.9 Å². The molecular formula is C19H16F3N3O3. The lowest BCUT2D eigenvalue weighted by molar-refractivity contribution is -0.274. The summed E-state index contributed by atoms with van der Waals surface area (Å²) < 4.78 is 46.1. The number of methoxy groups -OCH3 is 1. The van der Waals surface area contributed by atoms with E-state index in [-0.39, 0.29) is 18.2 Å². The fourth-order valence-electron chi connectivity index (χ4n) is 2.61. The van der Waals surface area contributed by atoms with Crippen LogP contribution in [0, 0.1) is 0 Å². The van der Waals surface area contributed by atoms with Crippen molar-refractivity contribution in [2.24, 2.45) is 0 Å². The van der Waals surface area contributed by atoms with Gasteiger partial charge in [-0.25, -0.2) is 0 Å². The lowest BCUT2D eigenvalue weighted by Crippen LogP contribution is -2.23. The van der Waals surface area contributed by atoms with E-state index in [1.54, 1.807) is 36.7 Å². The van der Waals surface area contributed by atoms with Gasteiger partial charge in [0.2, 0.25) is 0 Å². The molecule has 0 aliphatic heterocycles. The third-order valence-electron chi connectivity index (χ3n) is 3.86. The second-order valence-corrected chi connectivity index (χ2v) is 5.78. The fourth-order valence-corrected chi connectivity index (χ4v) is 2.61. The monoisotopic (exact) mass is 391 g/mol. The van der Waals surface area contributed by atoms with Crippen LogP contribution in [0.2, 0.25) is 0 Å². The van der Waals surface area contributed by atoms with Crippen molar-refractivity contribution in [3.05, 3.63) is 66.0 Å². The van der Waals surface area contributed by atoms with Gasteiger partial charge < -0.3 is 14.8 Å². The van der Waals surface area contributed by atoms with E-state index in [4.69, 9.17) is 4.74 Å². The van der Waals surface area contributed by atoms with Crippen molar-refractivity contribution < 1.29 is 27.4 Å². The highest BCUT2D eigenvalue weighted by Gasteiger charge is 2.31. The molecule has 0 saturated carbocycles. The van der Waals surface area contributed by atoms with Crippen molar-refractivity contribution in [1.29, 1.82) is 0 Å². The lowest BCUT2D eigenvalue weighted by atomic mass is 10.1. The normalized spacial score (nSPS) is 11.1. The van der Waals surface area contributed by atoms with Gasteiger partial charge in [0.25, 0.3) is 5.91 Å². The van der Waals surface area contributed by atoms with Crippen LogP contribution in [-0.2, 0) is 6.54 Å². The second-order valence-electron chi connectivity index (χ2n) is 5.78. The Labute approximate surface area is 158 Å². The van der Waals surface area contributed by atoms with Crippen LogP contribution in [0.1, 0.15) is 15.9 Å². The highest BCUT2D eigenvalue weighted by Crippen LogP contribution is 2.30. The number of halogens is 3. The molecule has 28 heavy (non-hydrogen) atoms. The molecule has 3 aromatic rings. The summed E-state index contributed by atoms with van der Waals surface area (Å²) in [5, 5.41) is 9.25. The minimum absolute atomic E-state index is 0.0414. The minimum Gasteiger partial charge on any atom is -0.496 e. The topological polar surface area (TPSA) is 76.2 Å². The van der Waals surface area contributed by atoms with E-state index in [2.05, 4.69) is 20.3 Å². The second kappa shape index (κ2) is 8.03. The molecule has 0 radical (unpaired) electrons. The van der Waals surface area contributed by atoms with Gasteiger partial charge in [0, 0.05) is 29.4 Å².